The Morgan fingerprint density at radius 2 is 2.10 bits per heavy atom. The van der Waals surface area contributed by atoms with E-state index in [1.807, 2.05) is 18.4 Å². The highest BCUT2D eigenvalue weighted by atomic mass is 32.2. The molecule has 8 heteroatoms. The van der Waals surface area contributed by atoms with Crippen LogP contribution in [0.15, 0.2) is 22.4 Å². The topological polar surface area (TPSA) is 83.5 Å². The predicted octanol–water partition coefficient (Wildman–Crippen LogP) is 2.60. The lowest BCUT2D eigenvalue weighted by Crippen LogP contribution is -2.23. The number of sulfonamides is 1. The molecule has 0 spiro atoms. The van der Waals surface area contributed by atoms with Gasteiger partial charge in [-0.15, -0.1) is 22.7 Å². The van der Waals surface area contributed by atoms with Crippen molar-refractivity contribution >= 4 is 38.7 Å². The molecule has 0 aliphatic heterocycles. The van der Waals surface area contributed by atoms with E-state index >= 15 is 0 Å². The number of thiophene rings is 2. The lowest BCUT2D eigenvalue weighted by atomic mass is 10.3. The Labute approximate surface area is 124 Å². The Kier molecular flexibility index (Phi) is 4.28. The summed E-state index contributed by atoms with van der Waals surface area (Å²) in [5.41, 5.74) is 1.03. The van der Waals surface area contributed by atoms with Crippen LogP contribution in [-0.2, 0) is 16.6 Å². The average molecular weight is 331 g/mol. The van der Waals surface area contributed by atoms with Gasteiger partial charge in [-0.2, -0.15) is 0 Å². The summed E-state index contributed by atoms with van der Waals surface area (Å²) in [5, 5.41) is 10.8. The zero-order valence-electron chi connectivity index (χ0n) is 10.8. The molecule has 108 valence electrons. The van der Waals surface area contributed by atoms with E-state index in [1.165, 1.54) is 17.4 Å². The highest BCUT2D eigenvalue weighted by Crippen LogP contribution is 2.26. The van der Waals surface area contributed by atoms with Gasteiger partial charge in [0.05, 0.1) is 4.90 Å². The van der Waals surface area contributed by atoms with E-state index in [0.29, 0.717) is 4.88 Å². The van der Waals surface area contributed by atoms with Crippen LogP contribution in [0, 0.1) is 13.8 Å². The van der Waals surface area contributed by atoms with Crippen molar-refractivity contribution in [1.82, 2.24) is 4.72 Å². The standard InChI is InChI=1S/C12H13NO4S3/c1-7-3-4-18-10(7)6-13-20(16,17)11-5-9(12(14)15)19-8(11)2/h3-5,13H,6H2,1-2H3,(H,14,15). The molecule has 0 bridgehead atoms. The van der Waals surface area contributed by atoms with Crippen LogP contribution in [0.2, 0.25) is 0 Å². The lowest BCUT2D eigenvalue weighted by Gasteiger charge is -2.05. The number of aryl methyl sites for hydroxylation is 2. The first-order chi connectivity index (χ1) is 9.31. The molecule has 0 amide bonds. The minimum atomic E-state index is -3.69. The van der Waals surface area contributed by atoms with E-state index in [-0.39, 0.29) is 16.3 Å². The van der Waals surface area contributed by atoms with Gasteiger partial charge in [0, 0.05) is 16.3 Å². The molecule has 0 radical (unpaired) electrons. The summed E-state index contributed by atoms with van der Waals surface area (Å²) in [6.45, 7) is 3.73. The molecule has 0 saturated carbocycles. The van der Waals surface area contributed by atoms with Gasteiger partial charge in [-0.3, -0.25) is 0 Å². The zero-order valence-corrected chi connectivity index (χ0v) is 13.3. The van der Waals surface area contributed by atoms with Gasteiger partial charge in [0.15, 0.2) is 0 Å². The fraction of sp³-hybridized carbons (Fsp3) is 0.250. The smallest absolute Gasteiger partial charge is 0.345 e. The van der Waals surface area contributed by atoms with Crippen LogP contribution in [0.5, 0.6) is 0 Å². The molecule has 0 fully saturated rings. The fourth-order valence-corrected chi connectivity index (χ4v) is 5.02. The molecular weight excluding hydrogens is 318 g/mol. The summed E-state index contributed by atoms with van der Waals surface area (Å²) in [7, 11) is -3.69. The molecule has 20 heavy (non-hydrogen) atoms. The number of rotatable bonds is 5. The molecule has 0 aliphatic carbocycles. The third-order valence-corrected chi connectivity index (χ3v) is 6.48. The molecule has 2 heterocycles. The van der Waals surface area contributed by atoms with Gasteiger partial charge in [-0.25, -0.2) is 17.9 Å². The van der Waals surface area contributed by atoms with Crippen LogP contribution in [-0.4, -0.2) is 19.5 Å². The maximum absolute atomic E-state index is 12.2. The quantitative estimate of drug-likeness (QED) is 0.882. The first kappa shape index (κ1) is 15.2. The van der Waals surface area contributed by atoms with Crippen molar-refractivity contribution in [3.05, 3.63) is 37.7 Å². The largest absolute Gasteiger partial charge is 0.477 e. The first-order valence-corrected chi connectivity index (χ1v) is 8.85. The maximum atomic E-state index is 12.2. The van der Waals surface area contributed by atoms with E-state index in [0.717, 1.165) is 21.8 Å². The summed E-state index contributed by atoms with van der Waals surface area (Å²) in [6, 6.07) is 3.12. The molecule has 2 aromatic heterocycles. The van der Waals surface area contributed by atoms with Crippen molar-refractivity contribution in [2.45, 2.75) is 25.3 Å². The fourth-order valence-electron chi connectivity index (χ4n) is 1.66. The van der Waals surface area contributed by atoms with Crippen LogP contribution in [0.3, 0.4) is 0 Å². The molecule has 0 unspecified atom stereocenters. The summed E-state index contributed by atoms with van der Waals surface area (Å²) >= 11 is 2.44. The molecule has 2 rings (SSSR count). The number of carboxylic acids is 1. The van der Waals surface area contributed by atoms with Crippen molar-refractivity contribution < 1.29 is 18.3 Å². The van der Waals surface area contributed by atoms with Crippen molar-refractivity contribution in [3.63, 3.8) is 0 Å². The highest BCUT2D eigenvalue weighted by Gasteiger charge is 2.22. The number of hydrogen-bond donors (Lipinski definition) is 2. The van der Waals surface area contributed by atoms with Crippen molar-refractivity contribution in [2.75, 3.05) is 0 Å². The molecule has 0 aliphatic rings. The van der Waals surface area contributed by atoms with Crippen LogP contribution in [0.25, 0.3) is 0 Å². The second kappa shape index (κ2) is 5.65. The minimum Gasteiger partial charge on any atom is -0.477 e. The summed E-state index contributed by atoms with van der Waals surface area (Å²) in [4.78, 5) is 12.4. The van der Waals surface area contributed by atoms with E-state index in [1.54, 1.807) is 6.92 Å². The summed E-state index contributed by atoms with van der Waals surface area (Å²) in [6.07, 6.45) is 0. The Bertz CT molecular complexity index is 743. The SMILES string of the molecule is Cc1ccsc1CNS(=O)(=O)c1cc(C(=O)O)sc1C. The maximum Gasteiger partial charge on any atom is 0.345 e. The monoisotopic (exact) mass is 331 g/mol. The first-order valence-electron chi connectivity index (χ1n) is 5.67. The molecule has 2 aromatic rings. The second-order valence-electron chi connectivity index (χ2n) is 4.19. The Hall–Kier alpha value is -1.22. The van der Waals surface area contributed by atoms with Crippen molar-refractivity contribution in [3.8, 4) is 0 Å². The number of aromatic carboxylic acids is 1. The van der Waals surface area contributed by atoms with Crippen LogP contribution in [0.4, 0.5) is 0 Å². The molecular formula is C12H13NO4S3. The van der Waals surface area contributed by atoms with Crippen LogP contribution >= 0.6 is 22.7 Å². The van der Waals surface area contributed by atoms with E-state index in [9.17, 15) is 13.2 Å². The van der Waals surface area contributed by atoms with Gasteiger partial charge >= 0.3 is 5.97 Å². The Balaban J connectivity index is 2.22. The Morgan fingerprint density at radius 3 is 2.60 bits per heavy atom. The number of nitrogens with one attached hydrogen (secondary N) is 1. The average Bonchev–Trinajstić information content (AvgIpc) is 2.93. The van der Waals surface area contributed by atoms with E-state index < -0.39 is 16.0 Å². The van der Waals surface area contributed by atoms with Crippen molar-refractivity contribution in [1.29, 1.82) is 0 Å². The zero-order chi connectivity index (χ0) is 14.9. The number of hydrogen-bond acceptors (Lipinski definition) is 5. The third-order valence-electron chi connectivity index (χ3n) is 2.76. The van der Waals surface area contributed by atoms with Gasteiger partial charge < -0.3 is 5.11 Å². The number of carbonyl (C=O) groups is 1. The lowest BCUT2D eigenvalue weighted by molar-refractivity contribution is 0.0702. The summed E-state index contributed by atoms with van der Waals surface area (Å²) < 4.78 is 26.9. The second-order valence-corrected chi connectivity index (χ2v) is 8.18. The highest BCUT2D eigenvalue weighted by molar-refractivity contribution is 7.89. The van der Waals surface area contributed by atoms with Gasteiger partial charge in [0.1, 0.15) is 4.88 Å². The van der Waals surface area contributed by atoms with Crippen molar-refractivity contribution in [2.24, 2.45) is 0 Å². The van der Waals surface area contributed by atoms with E-state index in [2.05, 4.69) is 4.72 Å². The molecule has 0 aromatic carbocycles. The van der Waals surface area contributed by atoms with Gasteiger partial charge in [-0.1, -0.05) is 0 Å². The molecule has 0 saturated heterocycles. The molecule has 0 atom stereocenters. The Morgan fingerprint density at radius 1 is 1.40 bits per heavy atom. The molecule has 5 nitrogen and oxygen atoms in total. The van der Waals surface area contributed by atoms with Crippen LogP contribution in [0.1, 0.15) is 25.0 Å². The van der Waals surface area contributed by atoms with Gasteiger partial charge in [0.2, 0.25) is 10.0 Å². The van der Waals surface area contributed by atoms with E-state index in [4.69, 9.17) is 5.11 Å². The molecule has 2 N–H and O–H groups in total. The predicted molar refractivity (Wildman–Crippen MR) is 79.1 cm³/mol. The van der Waals surface area contributed by atoms with Crippen LogP contribution < -0.4 is 4.72 Å². The number of carboxylic acid groups (broad SMARTS) is 1. The minimum absolute atomic E-state index is 0.0233. The normalized spacial score (nSPS) is 11.7. The third kappa shape index (κ3) is 3.09. The van der Waals surface area contributed by atoms with Gasteiger partial charge in [0.25, 0.3) is 0 Å². The summed E-state index contributed by atoms with van der Waals surface area (Å²) in [5.74, 6) is -1.12. The van der Waals surface area contributed by atoms with Gasteiger partial charge in [-0.05, 0) is 36.9 Å².